The van der Waals surface area contributed by atoms with Gasteiger partial charge in [0, 0.05) is 33.6 Å². The second-order valence-electron chi connectivity index (χ2n) is 5.16. The van der Waals surface area contributed by atoms with E-state index in [9.17, 15) is 9.90 Å². The topological polar surface area (TPSA) is 71.0 Å². The van der Waals surface area contributed by atoms with E-state index in [4.69, 9.17) is 9.47 Å². The van der Waals surface area contributed by atoms with Gasteiger partial charge in [-0.05, 0) is 17.7 Å². The van der Waals surface area contributed by atoms with Crippen LogP contribution in [0, 0.1) is 0 Å². The molecule has 116 valence electrons. The first-order valence-corrected chi connectivity index (χ1v) is 7.06. The Morgan fingerprint density at radius 1 is 1.33 bits per heavy atom. The van der Waals surface area contributed by atoms with Crippen LogP contribution in [0.25, 0.3) is 0 Å². The Hall–Kier alpha value is -1.79. The molecule has 1 aromatic carbocycles. The van der Waals surface area contributed by atoms with E-state index in [1.807, 2.05) is 12.1 Å². The number of hydrogen-bond acceptors (Lipinski definition) is 5. The van der Waals surface area contributed by atoms with Gasteiger partial charge in [-0.15, -0.1) is 0 Å². The number of carbonyl (C=O) groups is 1. The molecule has 2 N–H and O–H groups in total. The molecule has 1 amide bonds. The minimum Gasteiger partial charge on any atom is -0.486 e. The number of rotatable bonds is 6. The molecule has 1 atom stereocenters. The number of amides is 1. The van der Waals surface area contributed by atoms with Gasteiger partial charge in [0.2, 0.25) is 5.91 Å². The third kappa shape index (κ3) is 4.34. The minimum atomic E-state index is -0.643. The second-order valence-corrected chi connectivity index (χ2v) is 5.16. The van der Waals surface area contributed by atoms with E-state index < -0.39 is 6.10 Å². The maximum absolute atomic E-state index is 11.4. The van der Waals surface area contributed by atoms with Crippen molar-refractivity contribution in [3.05, 3.63) is 23.8 Å². The van der Waals surface area contributed by atoms with Crippen molar-refractivity contribution in [2.75, 3.05) is 40.4 Å². The zero-order valence-electron chi connectivity index (χ0n) is 12.5. The fourth-order valence-electron chi connectivity index (χ4n) is 2.04. The van der Waals surface area contributed by atoms with Crippen LogP contribution in [0.1, 0.15) is 18.1 Å². The van der Waals surface area contributed by atoms with Gasteiger partial charge in [-0.3, -0.25) is 4.79 Å². The number of aliphatic hydroxyl groups is 1. The molecule has 0 aromatic heterocycles. The number of nitrogens with one attached hydrogen (secondary N) is 1. The third-order valence-corrected chi connectivity index (χ3v) is 3.30. The molecule has 2 rings (SSSR count). The molecule has 1 heterocycles. The molecule has 1 aliphatic heterocycles. The van der Waals surface area contributed by atoms with Gasteiger partial charge in [-0.2, -0.15) is 0 Å². The van der Waals surface area contributed by atoms with Gasteiger partial charge in [0.1, 0.15) is 13.2 Å². The molecule has 1 aliphatic rings. The van der Waals surface area contributed by atoms with Crippen molar-refractivity contribution in [3.63, 3.8) is 0 Å². The summed E-state index contributed by atoms with van der Waals surface area (Å²) in [5.74, 6) is 1.44. The summed E-state index contributed by atoms with van der Waals surface area (Å²) in [6.45, 7) is 2.01. The molecule has 0 fully saturated rings. The number of ether oxygens (including phenoxy) is 2. The smallest absolute Gasteiger partial charge is 0.223 e. The number of aliphatic hydroxyl groups excluding tert-OH is 1. The summed E-state index contributed by atoms with van der Waals surface area (Å²) in [5.41, 5.74) is 0.769. The lowest BCUT2D eigenvalue weighted by molar-refractivity contribution is -0.128. The lowest BCUT2D eigenvalue weighted by atomic mass is 10.1. The van der Waals surface area contributed by atoms with Crippen molar-refractivity contribution >= 4 is 5.91 Å². The van der Waals surface area contributed by atoms with Crippen LogP contribution in [0.4, 0.5) is 0 Å². The van der Waals surface area contributed by atoms with Crippen LogP contribution in [0.3, 0.4) is 0 Å². The molecule has 21 heavy (non-hydrogen) atoms. The van der Waals surface area contributed by atoms with Crippen molar-refractivity contribution in [2.24, 2.45) is 0 Å². The van der Waals surface area contributed by atoms with Crippen LogP contribution in [-0.2, 0) is 4.79 Å². The zero-order chi connectivity index (χ0) is 15.2. The van der Waals surface area contributed by atoms with Crippen molar-refractivity contribution in [2.45, 2.75) is 12.5 Å². The van der Waals surface area contributed by atoms with Crippen molar-refractivity contribution < 1.29 is 19.4 Å². The van der Waals surface area contributed by atoms with Crippen LogP contribution < -0.4 is 14.8 Å². The number of fused-ring (bicyclic) bond motifs is 1. The first-order chi connectivity index (χ1) is 10.1. The van der Waals surface area contributed by atoms with Crippen LogP contribution >= 0.6 is 0 Å². The first kappa shape index (κ1) is 15.6. The van der Waals surface area contributed by atoms with Gasteiger partial charge in [-0.1, -0.05) is 6.07 Å². The Kier molecular flexibility index (Phi) is 5.41. The summed E-state index contributed by atoms with van der Waals surface area (Å²) in [5, 5.41) is 13.2. The van der Waals surface area contributed by atoms with E-state index in [0.717, 1.165) is 5.56 Å². The number of nitrogens with zero attached hydrogens (tertiary/aromatic N) is 1. The Morgan fingerprint density at radius 3 is 2.76 bits per heavy atom. The maximum Gasteiger partial charge on any atom is 0.223 e. The summed E-state index contributed by atoms with van der Waals surface area (Å²) < 4.78 is 10.9. The Labute approximate surface area is 124 Å². The molecule has 1 unspecified atom stereocenters. The minimum absolute atomic E-state index is 0.0660. The van der Waals surface area contributed by atoms with E-state index in [2.05, 4.69) is 5.32 Å². The van der Waals surface area contributed by atoms with Gasteiger partial charge in [0.15, 0.2) is 11.5 Å². The quantitative estimate of drug-likeness (QED) is 0.750. The van der Waals surface area contributed by atoms with Crippen LogP contribution in [0.15, 0.2) is 18.2 Å². The van der Waals surface area contributed by atoms with Gasteiger partial charge < -0.3 is 24.8 Å². The lowest BCUT2D eigenvalue weighted by Gasteiger charge is -2.20. The SMILES string of the molecule is CN(C)C(=O)CCNCC(O)c1ccc2c(c1)OCCO2. The average Bonchev–Trinajstić information content (AvgIpc) is 2.50. The molecular formula is C15H22N2O4. The van der Waals surface area contributed by atoms with Gasteiger partial charge in [0.25, 0.3) is 0 Å². The van der Waals surface area contributed by atoms with Crippen molar-refractivity contribution in [1.82, 2.24) is 10.2 Å². The normalized spacial score (nSPS) is 14.6. The van der Waals surface area contributed by atoms with Crippen molar-refractivity contribution in [3.8, 4) is 11.5 Å². The van der Waals surface area contributed by atoms with Gasteiger partial charge >= 0.3 is 0 Å². The van der Waals surface area contributed by atoms with E-state index in [1.54, 1.807) is 25.1 Å². The highest BCUT2D eigenvalue weighted by Crippen LogP contribution is 2.32. The second kappa shape index (κ2) is 7.28. The third-order valence-electron chi connectivity index (χ3n) is 3.30. The summed E-state index contributed by atoms with van der Waals surface area (Å²) >= 11 is 0. The maximum atomic E-state index is 11.4. The largest absolute Gasteiger partial charge is 0.486 e. The van der Waals surface area contributed by atoms with E-state index in [0.29, 0.717) is 44.2 Å². The van der Waals surface area contributed by atoms with E-state index in [1.165, 1.54) is 0 Å². The zero-order valence-corrected chi connectivity index (χ0v) is 12.5. The standard InChI is InChI=1S/C15H22N2O4/c1-17(2)15(19)5-6-16-10-12(18)11-3-4-13-14(9-11)21-8-7-20-13/h3-4,9,12,16,18H,5-8,10H2,1-2H3. The Balaban J connectivity index is 1.80. The highest BCUT2D eigenvalue weighted by Gasteiger charge is 2.15. The lowest BCUT2D eigenvalue weighted by Crippen LogP contribution is -2.29. The highest BCUT2D eigenvalue weighted by atomic mass is 16.6. The highest BCUT2D eigenvalue weighted by molar-refractivity contribution is 5.75. The Bertz CT molecular complexity index is 491. The number of hydrogen-bond donors (Lipinski definition) is 2. The predicted molar refractivity (Wildman–Crippen MR) is 78.6 cm³/mol. The number of carbonyl (C=O) groups excluding carboxylic acids is 1. The monoisotopic (exact) mass is 294 g/mol. The summed E-state index contributed by atoms with van der Waals surface area (Å²) in [6, 6.07) is 5.43. The van der Waals surface area contributed by atoms with Crippen molar-refractivity contribution in [1.29, 1.82) is 0 Å². The van der Waals surface area contributed by atoms with Crippen LogP contribution in [0.5, 0.6) is 11.5 Å². The molecule has 1 aromatic rings. The predicted octanol–water partition coefficient (Wildman–Crippen LogP) is 0.559. The van der Waals surface area contributed by atoms with E-state index in [-0.39, 0.29) is 5.91 Å². The summed E-state index contributed by atoms with van der Waals surface area (Å²) in [4.78, 5) is 13.0. The molecule has 0 saturated carbocycles. The molecule has 0 spiro atoms. The van der Waals surface area contributed by atoms with Gasteiger partial charge in [0.05, 0.1) is 6.10 Å². The Morgan fingerprint density at radius 2 is 2.05 bits per heavy atom. The molecule has 6 heteroatoms. The van der Waals surface area contributed by atoms with Crippen LogP contribution in [-0.4, -0.2) is 56.3 Å². The summed E-state index contributed by atoms with van der Waals surface area (Å²) in [6.07, 6.45) is -0.226. The fourth-order valence-corrected chi connectivity index (χ4v) is 2.04. The molecule has 0 saturated heterocycles. The molecule has 6 nitrogen and oxygen atoms in total. The summed E-state index contributed by atoms with van der Waals surface area (Å²) in [7, 11) is 3.46. The van der Waals surface area contributed by atoms with Gasteiger partial charge in [-0.25, -0.2) is 0 Å². The van der Waals surface area contributed by atoms with E-state index >= 15 is 0 Å². The molecular weight excluding hydrogens is 272 g/mol. The van der Waals surface area contributed by atoms with Crippen LogP contribution in [0.2, 0.25) is 0 Å². The number of benzene rings is 1. The molecule has 0 radical (unpaired) electrons. The molecule has 0 aliphatic carbocycles. The average molecular weight is 294 g/mol. The fraction of sp³-hybridized carbons (Fsp3) is 0.533. The molecule has 0 bridgehead atoms. The first-order valence-electron chi connectivity index (χ1n) is 7.06.